The van der Waals surface area contributed by atoms with Crippen molar-refractivity contribution in [2.75, 3.05) is 7.05 Å². The monoisotopic (exact) mass is 284 g/mol. The first-order valence-electron chi connectivity index (χ1n) is 7.58. The van der Waals surface area contributed by atoms with E-state index in [0.29, 0.717) is 12.5 Å². The summed E-state index contributed by atoms with van der Waals surface area (Å²) in [6.07, 6.45) is 7.54. The van der Waals surface area contributed by atoms with Crippen LogP contribution in [0.2, 0.25) is 0 Å². The summed E-state index contributed by atoms with van der Waals surface area (Å²) in [7, 11) is 1.85. The number of carboxylic acids is 1. The molecule has 0 aromatic heterocycles. The number of nitrogens with one attached hydrogen (secondary N) is 1. The zero-order valence-corrected chi connectivity index (χ0v) is 12.9. The van der Waals surface area contributed by atoms with Gasteiger partial charge in [0, 0.05) is 25.0 Å². The fraction of sp³-hybridized carbons (Fsp3) is 0.867. The summed E-state index contributed by atoms with van der Waals surface area (Å²) in [5.74, 6) is -0.829. The maximum atomic E-state index is 12.3. The van der Waals surface area contributed by atoms with Gasteiger partial charge in [-0.05, 0) is 33.1 Å². The lowest BCUT2D eigenvalue weighted by Gasteiger charge is -2.33. The Hall–Kier alpha value is -1.26. The Balaban J connectivity index is 2.48. The van der Waals surface area contributed by atoms with E-state index in [1.807, 2.05) is 20.9 Å². The molecule has 1 fully saturated rings. The molecule has 0 heterocycles. The molecule has 0 unspecified atom stereocenters. The first kappa shape index (κ1) is 16.8. The molecule has 0 aromatic carbocycles. The summed E-state index contributed by atoms with van der Waals surface area (Å²) >= 11 is 0. The largest absolute Gasteiger partial charge is 0.481 e. The van der Waals surface area contributed by atoms with Gasteiger partial charge in [0.1, 0.15) is 0 Å². The Kier molecular flexibility index (Phi) is 6.30. The Labute approximate surface area is 121 Å². The molecule has 0 spiro atoms. The second kappa shape index (κ2) is 7.50. The molecule has 0 radical (unpaired) electrons. The second-order valence-electron chi connectivity index (χ2n) is 6.46. The second-order valence-corrected chi connectivity index (χ2v) is 6.46. The minimum absolute atomic E-state index is 0.0699. The van der Waals surface area contributed by atoms with Gasteiger partial charge in [0.25, 0.3) is 0 Å². The van der Waals surface area contributed by atoms with Crippen molar-refractivity contribution < 1.29 is 14.7 Å². The van der Waals surface area contributed by atoms with Crippen LogP contribution in [0.3, 0.4) is 0 Å². The van der Waals surface area contributed by atoms with Crippen molar-refractivity contribution in [2.45, 2.75) is 76.8 Å². The smallest absolute Gasteiger partial charge is 0.317 e. The van der Waals surface area contributed by atoms with E-state index in [-0.39, 0.29) is 12.5 Å². The molecule has 1 aliphatic carbocycles. The third kappa shape index (κ3) is 5.80. The predicted molar refractivity (Wildman–Crippen MR) is 78.7 cm³/mol. The average molecular weight is 284 g/mol. The van der Waals surface area contributed by atoms with Gasteiger partial charge in [0.2, 0.25) is 0 Å². The number of carboxylic acid groups (broad SMARTS) is 1. The van der Waals surface area contributed by atoms with Crippen molar-refractivity contribution in [3.63, 3.8) is 0 Å². The van der Waals surface area contributed by atoms with Crippen molar-refractivity contribution in [1.29, 1.82) is 0 Å². The minimum atomic E-state index is -0.829. The number of carbonyl (C=O) groups excluding carboxylic acids is 1. The number of urea groups is 1. The number of hydrogen-bond donors (Lipinski definition) is 2. The minimum Gasteiger partial charge on any atom is -0.481 e. The van der Waals surface area contributed by atoms with E-state index >= 15 is 0 Å². The topological polar surface area (TPSA) is 69.6 Å². The Bertz CT molecular complexity index is 334. The van der Waals surface area contributed by atoms with Crippen molar-refractivity contribution >= 4 is 12.0 Å². The van der Waals surface area contributed by atoms with Gasteiger partial charge in [-0.25, -0.2) is 4.79 Å². The first-order valence-corrected chi connectivity index (χ1v) is 7.58. The standard InChI is InChI=1S/C15H28N2O3/c1-15(2,11-10-13(18)19)16-14(20)17(3)12-8-6-4-5-7-9-12/h12H,4-11H2,1-3H3,(H,16,20)(H,18,19). The molecule has 0 aromatic rings. The van der Waals surface area contributed by atoms with Gasteiger partial charge in [0.15, 0.2) is 0 Å². The summed E-state index contributed by atoms with van der Waals surface area (Å²) in [6.45, 7) is 3.74. The Morgan fingerprint density at radius 1 is 1.20 bits per heavy atom. The molecule has 0 aliphatic heterocycles. The van der Waals surface area contributed by atoms with Gasteiger partial charge in [-0.3, -0.25) is 4.79 Å². The average Bonchev–Trinajstić information content (AvgIpc) is 2.64. The molecule has 2 N–H and O–H groups in total. The van der Waals surface area contributed by atoms with Crippen LogP contribution in [0, 0.1) is 0 Å². The third-order valence-electron chi connectivity index (χ3n) is 4.10. The summed E-state index contributed by atoms with van der Waals surface area (Å²) in [4.78, 5) is 24.7. The predicted octanol–water partition coefficient (Wildman–Crippen LogP) is 2.99. The fourth-order valence-corrected chi connectivity index (χ4v) is 2.67. The van der Waals surface area contributed by atoms with Crippen molar-refractivity contribution in [2.24, 2.45) is 0 Å². The summed E-state index contributed by atoms with van der Waals surface area (Å²) in [5, 5.41) is 11.7. The highest BCUT2D eigenvalue weighted by Crippen LogP contribution is 2.21. The number of nitrogens with zero attached hydrogens (tertiary/aromatic N) is 1. The molecule has 116 valence electrons. The molecule has 5 heteroatoms. The molecule has 0 saturated heterocycles. The lowest BCUT2D eigenvalue weighted by molar-refractivity contribution is -0.137. The number of carbonyl (C=O) groups is 2. The van der Waals surface area contributed by atoms with E-state index in [0.717, 1.165) is 12.8 Å². The van der Waals surface area contributed by atoms with Crippen molar-refractivity contribution in [1.82, 2.24) is 10.2 Å². The number of amides is 2. The van der Waals surface area contributed by atoms with Crippen molar-refractivity contribution in [3.8, 4) is 0 Å². The quantitative estimate of drug-likeness (QED) is 0.762. The highest BCUT2D eigenvalue weighted by molar-refractivity contribution is 5.75. The molecule has 20 heavy (non-hydrogen) atoms. The van der Waals surface area contributed by atoms with E-state index in [1.165, 1.54) is 25.7 Å². The van der Waals surface area contributed by atoms with Crippen LogP contribution in [0.5, 0.6) is 0 Å². The highest BCUT2D eigenvalue weighted by atomic mass is 16.4. The van der Waals surface area contributed by atoms with E-state index < -0.39 is 11.5 Å². The molecule has 1 saturated carbocycles. The van der Waals surface area contributed by atoms with Crippen LogP contribution in [0.1, 0.15) is 65.2 Å². The van der Waals surface area contributed by atoms with Gasteiger partial charge >= 0.3 is 12.0 Å². The molecule has 5 nitrogen and oxygen atoms in total. The third-order valence-corrected chi connectivity index (χ3v) is 4.10. The molecule has 2 amide bonds. The Morgan fingerprint density at radius 3 is 2.25 bits per heavy atom. The van der Waals surface area contributed by atoms with E-state index in [4.69, 9.17) is 5.11 Å². The molecular weight excluding hydrogens is 256 g/mol. The maximum Gasteiger partial charge on any atom is 0.317 e. The van der Waals surface area contributed by atoms with Gasteiger partial charge in [0.05, 0.1) is 0 Å². The van der Waals surface area contributed by atoms with Gasteiger partial charge in [-0.2, -0.15) is 0 Å². The SMILES string of the molecule is CN(C(=O)NC(C)(C)CCC(=O)O)C1CCCCCC1. The maximum absolute atomic E-state index is 12.3. The van der Waals surface area contributed by atoms with Crippen LogP contribution in [0.25, 0.3) is 0 Å². The molecule has 1 aliphatic rings. The normalized spacial score (nSPS) is 17.4. The van der Waals surface area contributed by atoms with Crippen LogP contribution in [-0.2, 0) is 4.79 Å². The number of hydrogen-bond acceptors (Lipinski definition) is 2. The van der Waals surface area contributed by atoms with Crippen LogP contribution < -0.4 is 5.32 Å². The van der Waals surface area contributed by atoms with E-state index in [1.54, 1.807) is 4.90 Å². The summed E-state index contributed by atoms with van der Waals surface area (Å²) in [6, 6.07) is 0.222. The lowest BCUT2D eigenvalue weighted by Crippen LogP contribution is -2.51. The summed E-state index contributed by atoms with van der Waals surface area (Å²) < 4.78 is 0. The van der Waals surface area contributed by atoms with E-state index in [9.17, 15) is 9.59 Å². The molecular formula is C15H28N2O3. The lowest BCUT2D eigenvalue weighted by atomic mass is 9.98. The first-order chi connectivity index (χ1) is 9.32. The fourth-order valence-electron chi connectivity index (χ4n) is 2.67. The van der Waals surface area contributed by atoms with Crippen LogP contribution in [0.4, 0.5) is 4.79 Å². The van der Waals surface area contributed by atoms with Crippen molar-refractivity contribution in [3.05, 3.63) is 0 Å². The molecule has 0 bridgehead atoms. The highest BCUT2D eigenvalue weighted by Gasteiger charge is 2.26. The number of aliphatic carboxylic acids is 1. The Morgan fingerprint density at radius 2 is 1.75 bits per heavy atom. The molecule has 1 rings (SSSR count). The van der Waals surface area contributed by atoms with Gasteiger partial charge in [-0.1, -0.05) is 25.7 Å². The summed E-state index contributed by atoms with van der Waals surface area (Å²) in [5.41, 5.74) is -0.492. The zero-order valence-electron chi connectivity index (χ0n) is 12.9. The zero-order chi connectivity index (χ0) is 15.2. The molecule has 0 atom stereocenters. The van der Waals surface area contributed by atoms with Gasteiger partial charge < -0.3 is 15.3 Å². The number of rotatable bonds is 5. The van der Waals surface area contributed by atoms with Crippen LogP contribution in [0.15, 0.2) is 0 Å². The van der Waals surface area contributed by atoms with Gasteiger partial charge in [-0.15, -0.1) is 0 Å². The van der Waals surface area contributed by atoms with Crippen LogP contribution in [-0.4, -0.2) is 40.6 Å². The van der Waals surface area contributed by atoms with E-state index in [2.05, 4.69) is 5.32 Å². The van der Waals surface area contributed by atoms with Crippen LogP contribution >= 0.6 is 0 Å².